The van der Waals surface area contributed by atoms with Crippen LogP contribution in [0.2, 0.25) is 0 Å². The number of aromatic amines is 1. The number of H-pyrrole nitrogens is 1. The average molecular weight is 384 g/mol. The van der Waals surface area contributed by atoms with Gasteiger partial charge in [-0.15, -0.1) is 0 Å². The normalized spacial score (nSPS) is 10.8. The highest BCUT2D eigenvalue weighted by molar-refractivity contribution is 7.71. The molecular formula is C20H21FN4OS. The summed E-state index contributed by atoms with van der Waals surface area (Å²) in [5, 5.41) is 7.13. The van der Waals surface area contributed by atoms with Crippen LogP contribution in [0.15, 0.2) is 48.5 Å². The number of amides is 1. The molecule has 0 radical (unpaired) electrons. The van der Waals surface area contributed by atoms with Gasteiger partial charge in [0.2, 0.25) is 5.91 Å². The molecule has 1 heterocycles. The van der Waals surface area contributed by atoms with Crippen LogP contribution < -0.4 is 4.90 Å². The highest BCUT2D eigenvalue weighted by Crippen LogP contribution is 2.20. The van der Waals surface area contributed by atoms with Gasteiger partial charge in [-0.2, -0.15) is 5.10 Å². The number of hydrogen-bond acceptors (Lipinski definition) is 3. The number of aryl methyl sites for hydroxylation is 1. The van der Waals surface area contributed by atoms with E-state index in [0.717, 1.165) is 11.1 Å². The van der Waals surface area contributed by atoms with Crippen molar-refractivity contribution >= 4 is 23.8 Å². The van der Waals surface area contributed by atoms with E-state index in [1.165, 1.54) is 12.1 Å². The maximum absolute atomic E-state index is 13.1. The van der Waals surface area contributed by atoms with Crippen molar-refractivity contribution in [3.05, 3.63) is 64.7 Å². The van der Waals surface area contributed by atoms with Crippen LogP contribution in [0.3, 0.4) is 0 Å². The molecule has 3 aromatic rings. The van der Waals surface area contributed by atoms with Crippen molar-refractivity contribution in [3.63, 3.8) is 0 Å². The Hall–Kier alpha value is -2.80. The van der Waals surface area contributed by atoms with E-state index < -0.39 is 0 Å². The van der Waals surface area contributed by atoms with Crippen molar-refractivity contribution in [2.24, 2.45) is 0 Å². The molecule has 0 unspecified atom stereocenters. The number of aromatic nitrogens is 3. The van der Waals surface area contributed by atoms with Crippen LogP contribution in [0.4, 0.5) is 10.1 Å². The largest absolute Gasteiger partial charge is 0.313 e. The number of hydrogen-bond donors (Lipinski definition) is 1. The number of rotatable bonds is 6. The molecule has 0 aliphatic carbocycles. The molecule has 5 nitrogen and oxygen atoms in total. The van der Waals surface area contributed by atoms with E-state index >= 15 is 0 Å². The van der Waals surface area contributed by atoms with Crippen LogP contribution in [0.5, 0.6) is 0 Å². The predicted molar refractivity (Wildman–Crippen MR) is 107 cm³/mol. The van der Waals surface area contributed by atoms with Gasteiger partial charge in [0.15, 0.2) is 10.6 Å². The minimum atomic E-state index is -0.324. The van der Waals surface area contributed by atoms with Crippen molar-refractivity contribution in [3.8, 4) is 11.4 Å². The van der Waals surface area contributed by atoms with Gasteiger partial charge < -0.3 is 4.90 Å². The van der Waals surface area contributed by atoms with E-state index in [1.807, 2.05) is 42.7 Å². The number of benzene rings is 2. The number of halogens is 1. The molecule has 1 amide bonds. The van der Waals surface area contributed by atoms with Gasteiger partial charge >= 0.3 is 0 Å². The van der Waals surface area contributed by atoms with Crippen LogP contribution in [0.25, 0.3) is 11.4 Å². The molecule has 3 rings (SSSR count). The third kappa shape index (κ3) is 4.31. The smallest absolute Gasteiger partial charge is 0.228 e. The zero-order valence-corrected chi connectivity index (χ0v) is 16.1. The first-order valence-electron chi connectivity index (χ1n) is 8.77. The first-order chi connectivity index (χ1) is 13.0. The SMILES string of the molecule is CCN(C(=O)CCn1c(-c2cccc(C)c2)n[nH]c1=S)c1ccc(F)cc1. The third-order valence-electron chi connectivity index (χ3n) is 4.34. The highest BCUT2D eigenvalue weighted by Gasteiger charge is 2.16. The molecule has 7 heteroatoms. The van der Waals surface area contributed by atoms with Crippen molar-refractivity contribution < 1.29 is 9.18 Å². The van der Waals surface area contributed by atoms with Crippen LogP contribution >= 0.6 is 12.2 Å². The molecule has 1 N–H and O–H groups in total. The van der Waals surface area contributed by atoms with Gasteiger partial charge in [0, 0.05) is 30.8 Å². The molecule has 0 fully saturated rings. The fraction of sp³-hybridized carbons (Fsp3) is 0.250. The molecule has 0 saturated heterocycles. The summed E-state index contributed by atoms with van der Waals surface area (Å²) in [6, 6.07) is 13.9. The summed E-state index contributed by atoms with van der Waals surface area (Å²) in [6.45, 7) is 4.82. The highest BCUT2D eigenvalue weighted by atomic mass is 32.1. The van der Waals surface area contributed by atoms with E-state index in [-0.39, 0.29) is 18.1 Å². The molecule has 2 aromatic carbocycles. The summed E-state index contributed by atoms with van der Waals surface area (Å²) < 4.78 is 15.4. The summed E-state index contributed by atoms with van der Waals surface area (Å²) in [4.78, 5) is 14.4. The predicted octanol–water partition coefficient (Wildman–Crippen LogP) is 4.50. The minimum absolute atomic E-state index is 0.0533. The fourth-order valence-electron chi connectivity index (χ4n) is 3.00. The Bertz CT molecular complexity index is 994. The summed E-state index contributed by atoms with van der Waals surface area (Å²) in [5.41, 5.74) is 2.75. The van der Waals surface area contributed by atoms with Crippen molar-refractivity contribution in [1.82, 2.24) is 14.8 Å². The summed E-state index contributed by atoms with van der Waals surface area (Å²) in [6.07, 6.45) is 0.262. The zero-order chi connectivity index (χ0) is 19.4. The van der Waals surface area contributed by atoms with Gasteiger partial charge in [0.1, 0.15) is 5.82 Å². The minimum Gasteiger partial charge on any atom is -0.313 e. The lowest BCUT2D eigenvalue weighted by molar-refractivity contribution is -0.118. The van der Waals surface area contributed by atoms with Crippen LogP contribution in [0, 0.1) is 17.5 Å². The lowest BCUT2D eigenvalue weighted by Crippen LogP contribution is -2.31. The van der Waals surface area contributed by atoms with Crippen molar-refractivity contribution in [2.75, 3.05) is 11.4 Å². The standard InChI is InChI=1S/C20H21FN4OS/c1-3-24(17-9-7-16(21)8-10-17)18(26)11-12-25-19(22-23-20(25)27)15-6-4-5-14(2)13-15/h4-10,13H,3,11-12H2,1-2H3,(H,23,27). The second-order valence-electron chi connectivity index (χ2n) is 6.24. The van der Waals surface area contributed by atoms with Gasteiger partial charge in [-0.05, 0) is 56.4 Å². The lowest BCUT2D eigenvalue weighted by atomic mass is 10.1. The Balaban J connectivity index is 1.78. The Morgan fingerprint density at radius 1 is 1.26 bits per heavy atom. The molecule has 0 spiro atoms. The van der Waals surface area contributed by atoms with E-state index in [0.29, 0.717) is 29.4 Å². The van der Waals surface area contributed by atoms with Crippen LogP contribution in [0.1, 0.15) is 18.9 Å². The van der Waals surface area contributed by atoms with E-state index in [9.17, 15) is 9.18 Å². The van der Waals surface area contributed by atoms with E-state index in [1.54, 1.807) is 17.0 Å². The first kappa shape index (κ1) is 19.0. The number of carbonyl (C=O) groups excluding carboxylic acids is 1. The summed E-state index contributed by atoms with van der Waals surface area (Å²) in [5.74, 6) is 0.332. The van der Waals surface area contributed by atoms with Gasteiger partial charge in [0.25, 0.3) is 0 Å². The number of nitrogens with zero attached hydrogens (tertiary/aromatic N) is 3. The Kier molecular flexibility index (Phi) is 5.81. The van der Waals surface area contributed by atoms with E-state index in [4.69, 9.17) is 12.2 Å². The molecule has 0 bridgehead atoms. The monoisotopic (exact) mass is 384 g/mol. The van der Waals surface area contributed by atoms with Gasteiger partial charge in [-0.3, -0.25) is 14.5 Å². The molecule has 0 atom stereocenters. The topological polar surface area (TPSA) is 53.9 Å². The Morgan fingerprint density at radius 2 is 2.00 bits per heavy atom. The Labute approximate surface area is 162 Å². The Morgan fingerprint density at radius 3 is 2.67 bits per heavy atom. The zero-order valence-electron chi connectivity index (χ0n) is 15.3. The van der Waals surface area contributed by atoms with Gasteiger partial charge in [0.05, 0.1) is 0 Å². The number of carbonyl (C=O) groups is 1. The molecule has 1 aromatic heterocycles. The van der Waals surface area contributed by atoms with E-state index in [2.05, 4.69) is 10.2 Å². The third-order valence-corrected chi connectivity index (χ3v) is 4.65. The molecule has 0 saturated carbocycles. The van der Waals surface area contributed by atoms with Gasteiger partial charge in [-0.1, -0.05) is 23.8 Å². The van der Waals surface area contributed by atoms with Crippen molar-refractivity contribution in [2.45, 2.75) is 26.8 Å². The molecular weight excluding hydrogens is 363 g/mol. The summed E-state index contributed by atoms with van der Waals surface area (Å²) in [7, 11) is 0. The van der Waals surface area contributed by atoms with Crippen LogP contribution in [-0.4, -0.2) is 27.2 Å². The molecule has 140 valence electrons. The molecule has 0 aliphatic heterocycles. The molecule has 27 heavy (non-hydrogen) atoms. The number of anilines is 1. The lowest BCUT2D eigenvalue weighted by Gasteiger charge is -2.21. The number of nitrogens with one attached hydrogen (secondary N) is 1. The summed E-state index contributed by atoms with van der Waals surface area (Å²) >= 11 is 5.34. The fourth-order valence-corrected chi connectivity index (χ4v) is 3.22. The van der Waals surface area contributed by atoms with Gasteiger partial charge in [-0.25, -0.2) is 4.39 Å². The first-order valence-corrected chi connectivity index (χ1v) is 9.18. The molecule has 0 aliphatic rings. The average Bonchev–Trinajstić information content (AvgIpc) is 3.03. The van der Waals surface area contributed by atoms with Crippen molar-refractivity contribution in [1.29, 1.82) is 0 Å². The van der Waals surface area contributed by atoms with Crippen LogP contribution in [-0.2, 0) is 11.3 Å². The maximum atomic E-state index is 13.1. The maximum Gasteiger partial charge on any atom is 0.228 e. The second-order valence-corrected chi connectivity index (χ2v) is 6.62. The second kappa shape index (κ2) is 8.26. The quantitative estimate of drug-likeness (QED) is 0.637.